The van der Waals surface area contributed by atoms with E-state index in [2.05, 4.69) is 4.98 Å². The first-order valence-corrected chi connectivity index (χ1v) is 12.1. The topological polar surface area (TPSA) is 79.7 Å². The van der Waals surface area contributed by atoms with Crippen LogP contribution in [0.3, 0.4) is 0 Å². The Kier molecular flexibility index (Phi) is 5.47. The molecule has 5 rings (SSSR count). The van der Waals surface area contributed by atoms with Gasteiger partial charge in [0.05, 0.1) is 33.3 Å². The van der Waals surface area contributed by atoms with Crippen LogP contribution in [-0.4, -0.2) is 28.4 Å². The Morgan fingerprint density at radius 3 is 2.67 bits per heavy atom. The zero-order valence-corrected chi connectivity index (χ0v) is 19.6. The van der Waals surface area contributed by atoms with Crippen LogP contribution >= 0.6 is 22.7 Å². The van der Waals surface area contributed by atoms with Crippen LogP contribution in [0.2, 0.25) is 0 Å². The van der Waals surface area contributed by atoms with Gasteiger partial charge in [-0.05, 0) is 49.1 Å². The molecular weight excluding hydrogens is 456 g/mol. The summed E-state index contributed by atoms with van der Waals surface area (Å²) in [5.41, 5.74) is 2.57. The molecular formula is C25H20N2O4S2. The van der Waals surface area contributed by atoms with Gasteiger partial charge in [0.1, 0.15) is 5.75 Å². The zero-order chi connectivity index (χ0) is 23.1. The number of aromatic nitrogens is 1. The number of aryl methyl sites for hydroxylation is 1. The molecule has 8 heteroatoms. The van der Waals surface area contributed by atoms with Gasteiger partial charge < -0.3 is 9.84 Å². The lowest BCUT2D eigenvalue weighted by molar-refractivity contribution is -0.117. The number of anilines is 1. The highest BCUT2D eigenvalue weighted by molar-refractivity contribution is 7.22. The lowest BCUT2D eigenvalue weighted by Gasteiger charge is -2.24. The van der Waals surface area contributed by atoms with Crippen molar-refractivity contribution in [2.45, 2.75) is 19.9 Å². The normalized spacial score (nSPS) is 16.1. The Bertz CT molecular complexity index is 1390. The van der Waals surface area contributed by atoms with Gasteiger partial charge in [-0.25, -0.2) is 4.98 Å². The SMILES string of the molecule is CCOc1ccc2nc(N3C(=O)C(O)=C(C(=O)c4cccs4)[C@H]3c3ccc(C)cc3)sc2c1. The third-order valence-electron chi connectivity index (χ3n) is 5.46. The van der Waals surface area contributed by atoms with Crippen LogP contribution in [0.4, 0.5) is 5.13 Å². The monoisotopic (exact) mass is 476 g/mol. The van der Waals surface area contributed by atoms with Gasteiger partial charge in [-0.15, -0.1) is 11.3 Å². The first-order chi connectivity index (χ1) is 16.0. The van der Waals surface area contributed by atoms with Crippen molar-refractivity contribution in [2.75, 3.05) is 11.5 Å². The van der Waals surface area contributed by atoms with Crippen LogP contribution in [0.15, 0.2) is 71.3 Å². The maximum absolute atomic E-state index is 13.4. The van der Waals surface area contributed by atoms with E-state index < -0.39 is 17.7 Å². The van der Waals surface area contributed by atoms with Gasteiger partial charge in [0.2, 0.25) is 5.78 Å². The molecule has 0 fully saturated rings. The minimum Gasteiger partial charge on any atom is -0.503 e. The van der Waals surface area contributed by atoms with E-state index in [4.69, 9.17) is 4.74 Å². The van der Waals surface area contributed by atoms with E-state index in [0.29, 0.717) is 22.1 Å². The molecule has 3 heterocycles. The molecule has 6 nitrogen and oxygen atoms in total. The minimum atomic E-state index is -0.778. The van der Waals surface area contributed by atoms with E-state index >= 15 is 0 Å². The number of hydrogen-bond acceptors (Lipinski definition) is 7. The third kappa shape index (κ3) is 3.71. The number of amides is 1. The number of carbonyl (C=O) groups is 2. The number of aliphatic hydroxyl groups excluding tert-OH is 1. The number of nitrogens with zero attached hydrogens (tertiary/aromatic N) is 2. The number of Topliss-reactive ketones (excluding diaryl/α,β-unsaturated/α-hetero) is 1. The standard InChI is InChI=1S/C25H20N2O4S2/c1-3-31-16-10-11-17-19(13-16)33-25(26-17)27-21(15-8-6-14(2)7-9-15)20(23(29)24(27)30)22(28)18-5-4-12-32-18/h4-13,21,29H,3H2,1-2H3/t21-/m1/s1. The predicted octanol–water partition coefficient (Wildman–Crippen LogP) is 5.85. The van der Waals surface area contributed by atoms with E-state index in [0.717, 1.165) is 21.6 Å². The molecule has 1 aliphatic heterocycles. The molecule has 2 aromatic heterocycles. The number of aliphatic hydroxyl groups is 1. The van der Waals surface area contributed by atoms with Crippen LogP contribution in [0.25, 0.3) is 10.2 Å². The van der Waals surface area contributed by atoms with Gasteiger partial charge in [0, 0.05) is 0 Å². The largest absolute Gasteiger partial charge is 0.503 e. The number of thiophene rings is 1. The van der Waals surface area contributed by atoms with Crippen molar-refractivity contribution in [2.24, 2.45) is 0 Å². The summed E-state index contributed by atoms with van der Waals surface area (Å²) in [5, 5.41) is 13.1. The Hall–Kier alpha value is -3.49. The average molecular weight is 477 g/mol. The van der Waals surface area contributed by atoms with Crippen molar-refractivity contribution in [3.05, 3.63) is 87.3 Å². The predicted molar refractivity (Wildman–Crippen MR) is 130 cm³/mol. The van der Waals surface area contributed by atoms with Crippen LogP contribution in [0.5, 0.6) is 5.75 Å². The molecule has 1 N–H and O–H groups in total. The Balaban J connectivity index is 1.64. The van der Waals surface area contributed by atoms with Crippen LogP contribution in [0.1, 0.15) is 33.8 Å². The highest BCUT2D eigenvalue weighted by atomic mass is 32.1. The van der Waals surface area contributed by atoms with Gasteiger partial charge >= 0.3 is 0 Å². The second-order valence-electron chi connectivity index (χ2n) is 7.62. The summed E-state index contributed by atoms with van der Waals surface area (Å²) in [5.74, 6) is -0.806. The summed E-state index contributed by atoms with van der Waals surface area (Å²) in [4.78, 5) is 33.2. The van der Waals surface area contributed by atoms with Gasteiger partial charge in [-0.2, -0.15) is 0 Å². The number of ketones is 1. The van der Waals surface area contributed by atoms with Crippen molar-refractivity contribution < 1.29 is 19.4 Å². The first kappa shape index (κ1) is 21.4. The number of carbonyl (C=O) groups excluding carboxylic acids is 2. The molecule has 0 saturated heterocycles. The fourth-order valence-electron chi connectivity index (χ4n) is 3.89. The van der Waals surface area contributed by atoms with Crippen LogP contribution in [-0.2, 0) is 4.79 Å². The third-order valence-corrected chi connectivity index (χ3v) is 7.34. The average Bonchev–Trinajstić information content (AvgIpc) is 3.53. The molecule has 0 spiro atoms. The molecule has 1 atom stereocenters. The van der Waals surface area contributed by atoms with Crippen LogP contribution in [0, 0.1) is 6.92 Å². The van der Waals surface area contributed by atoms with Gasteiger partial charge in [0.15, 0.2) is 10.9 Å². The molecule has 166 valence electrons. The number of benzene rings is 2. The van der Waals surface area contributed by atoms with Crippen molar-refractivity contribution in [1.82, 2.24) is 4.98 Å². The Labute approximate surface area is 198 Å². The summed E-state index contributed by atoms with van der Waals surface area (Å²) < 4.78 is 6.44. The van der Waals surface area contributed by atoms with Gasteiger partial charge in [-0.1, -0.05) is 47.2 Å². The quantitative estimate of drug-likeness (QED) is 0.353. The number of ether oxygens (including phenoxy) is 1. The second kappa shape index (κ2) is 8.46. The Morgan fingerprint density at radius 2 is 1.97 bits per heavy atom. The summed E-state index contributed by atoms with van der Waals surface area (Å²) >= 11 is 2.60. The second-order valence-corrected chi connectivity index (χ2v) is 9.57. The van der Waals surface area contributed by atoms with E-state index in [1.165, 1.54) is 27.6 Å². The summed E-state index contributed by atoms with van der Waals surface area (Å²) in [6.45, 7) is 4.43. The van der Waals surface area contributed by atoms with Crippen LogP contribution < -0.4 is 9.64 Å². The highest BCUT2D eigenvalue weighted by Gasteiger charge is 2.46. The molecule has 0 saturated carbocycles. The summed E-state index contributed by atoms with van der Waals surface area (Å²) in [7, 11) is 0. The molecule has 1 amide bonds. The lowest BCUT2D eigenvalue weighted by Crippen LogP contribution is -2.30. The molecule has 0 aliphatic carbocycles. The first-order valence-electron chi connectivity index (χ1n) is 10.4. The molecule has 2 aromatic carbocycles. The number of fused-ring (bicyclic) bond motifs is 1. The molecule has 1 aliphatic rings. The fraction of sp³-hybridized carbons (Fsp3) is 0.160. The number of hydrogen-bond donors (Lipinski definition) is 1. The molecule has 0 radical (unpaired) electrons. The minimum absolute atomic E-state index is 0.0700. The lowest BCUT2D eigenvalue weighted by atomic mass is 9.95. The zero-order valence-electron chi connectivity index (χ0n) is 17.9. The molecule has 33 heavy (non-hydrogen) atoms. The molecule has 0 unspecified atom stereocenters. The molecule has 0 bridgehead atoms. The van der Waals surface area contributed by atoms with E-state index in [9.17, 15) is 14.7 Å². The van der Waals surface area contributed by atoms with Gasteiger partial charge in [-0.3, -0.25) is 14.5 Å². The Morgan fingerprint density at radius 1 is 1.18 bits per heavy atom. The van der Waals surface area contributed by atoms with E-state index in [1.807, 2.05) is 56.3 Å². The van der Waals surface area contributed by atoms with Crippen molar-refractivity contribution in [3.8, 4) is 5.75 Å². The van der Waals surface area contributed by atoms with Crippen molar-refractivity contribution in [1.29, 1.82) is 0 Å². The summed E-state index contributed by atoms with van der Waals surface area (Å²) in [6, 6.07) is 15.8. The molecule has 4 aromatic rings. The smallest absolute Gasteiger partial charge is 0.296 e. The van der Waals surface area contributed by atoms with E-state index in [1.54, 1.807) is 17.5 Å². The maximum Gasteiger partial charge on any atom is 0.296 e. The van der Waals surface area contributed by atoms with Crippen molar-refractivity contribution >= 4 is 49.7 Å². The van der Waals surface area contributed by atoms with E-state index in [-0.39, 0.29) is 11.4 Å². The van der Waals surface area contributed by atoms with Crippen molar-refractivity contribution in [3.63, 3.8) is 0 Å². The highest BCUT2D eigenvalue weighted by Crippen LogP contribution is 2.44. The maximum atomic E-state index is 13.4. The number of rotatable bonds is 6. The fourth-order valence-corrected chi connectivity index (χ4v) is 5.59. The summed E-state index contributed by atoms with van der Waals surface area (Å²) in [6.07, 6.45) is 0. The number of thiazole rings is 1. The van der Waals surface area contributed by atoms with Gasteiger partial charge in [0.25, 0.3) is 5.91 Å².